The minimum Gasteiger partial charge on any atom is -0.311 e. The molecule has 0 aliphatic heterocycles. The Morgan fingerprint density at radius 1 is 1.47 bits per heavy atom. The van der Waals surface area contributed by atoms with Crippen molar-refractivity contribution in [2.75, 3.05) is 7.05 Å². The molecule has 2 fully saturated rings. The number of fused-ring (bicyclic) bond motifs is 2. The monoisotopic (exact) mass is 281 g/mol. The summed E-state index contributed by atoms with van der Waals surface area (Å²) in [4.78, 5) is 0. The second-order valence-electron chi connectivity index (χ2n) is 6.21. The lowest BCUT2D eigenvalue weighted by molar-refractivity contribution is 0.249. The summed E-state index contributed by atoms with van der Waals surface area (Å²) >= 11 is 6.41. The van der Waals surface area contributed by atoms with Crippen molar-refractivity contribution in [3.05, 3.63) is 16.9 Å². The number of rotatable bonds is 5. The first-order valence-electron chi connectivity index (χ1n) is 7.63. The van der Waals surface area contributed by atoms with Crippen LogP contribution in [-0.2, 0) is 6.54 Å². The van der Waals surface area contributed by atoms with E-state index in [1.54, 1.807) is 0 Å². The lowest BCUT2D eigenvalue weighted by Crippen LogP contribution is -2.31. The number of halogens is 1. The molecule has 2 saturated carbocycles. The summed E-state index contributed by atoms with van der Waals surface area (Å²) in [5, 5.41) is 8.81. The van der Waals surface area contributed by atoms with Crippen LogP contribution < -0.4 is 5.32 Å². The van der Waals surface area contributed by atoms with Crippen LogP contribution >= 0.6 is 11.6 Å². The van der Waals surface area contributed by atoms with Crippen LogP contribution in [0, 0.1) is 17.8 Å². The normalized spacial score (nSPS) is 31.0. The van der Waals surface area contributed by atoms with Crippen LogP contribution in [0.5, 0.6) is 0 Å². The SMILES string of the molecule is CCCn1ncc(Cl)c1C(NC)C1CC2CCC1C2. The molecule has 0 saturated heterocycles. The topological polar surface area (TPSA) is 29.9 Å². The lowest BCUT2D eigenvalue weighted by atomic mass is 9.82. The van der Waals surface area contributed by atoms with E-state index in [0.29, 0.717) is 6.04 Å². The Morgan fingerprint density at radius 2 is 2.32 bits per heavy atom. The van der Waals surface area contributed by atoms with Gasteiger partial charge in [-0.25, -0.2) is 0 Å². The Labute approximate surface area is 120 Å². The molecule has 0 radical (unpaired) electrons. The predicted octanol–water partition coefficient (Wildman–Crippen LogP) is 3.64. The number of nitrogens with zero attached hydrogens (tertiary/aromatic N) is 2. The first-order chi connectivity index (χ1) is 9.24. The van der Waals surface area contributed by atoms with E-state index in [1.165, 1.54) is 31.4 Å². The van der Waals surface area contributed by atoms with Crippen LogP contribution in [0.3, 0.4) is 0 Å². The lowest BCUT2D eigenvalue weighted by Gasteiger charge is -2.31. The second-order valence-corrected chi connectivity index (χ2v) is 6.61. The highest BCUT2D eigenvalue weighted by atomic mass is 35.5. The minimum absolute atomic E-state index is 0.372. The van der Waals surface area contributed by atoms with Crippen molar-refractivity contribution < 1.29 is 0 Å². The second kappa shape index (κ2) is 5.45. The fraction of sp³-hybridized carbons (Fsp3) is 0.800. The summed E-state index contributed by atoms with van der Waals surface area (Å²) in [5.74, 6) is 2.60. The molecule has 3 rings (SSSR count). The third-order valence-corrected chi connectivity index (χ3v) is 5.39. The number of nitrogens with one attached hydrogen (secondary N) is 1. The number of aryl methyl sites for hydroxylation is 1. The van der Waals surface area contributed by atoms with E-state index < -0.39 is 0 Å². The summed E-state index contributed by atoms with van der Waals surface area (Å²) in [6.07, 6.45) is 8.56. The van der Waals surface area contributed by atoms with Gasteiger partial charge in [0.25, 0.3) is 0 Å². The third kappa shape index (κ3) is 2.31. The van der Waals surface area contributed by atoms with E-state index >= 15 is 0 Å². The van der Waals surface area contributed by atoms with Crippen LogP contribution in [0.4, 0.5) is 0 Å². The molecule has 1 heterocycles. The molecular formula is C15H24ClN3. The summed E-state index contributed by atoms with van der Waals surface area (Å²) < 4.78 is 2.11. The Balaban J connectivity index is 1.87. The third-order valence-electron chi connectivity index (χ3n) is 5.10. The van der Waals surface area contributed by atoms with Crippen molar-refractivity contribution in [1.82, 2.24) is 15.1 Å². The number of aromatic nitrogens is 2. The van der Waals surface area contributed by atoms with Crippen molar-refractivity contribution >= 4 is 11.6 Å². The average molecular weight is 282 g/mol. The van der Waals surface area contributed by atoms with Crippen molar-refractivity contribution in [1.29, 1.82) is 0 Å². The van der Waals surface area contributed by atoms with Gasteiger partial charge in [-0.05, 0) is 50.5 Å². The van der Waals surface area contributed by atoms with Gasteiger partial charge in [-0.15, -0.1) is 0 Å². The van der Waals surface area contributed by atoms with Gasteiger partial charge in [0.2, 0.25) is 0 Å². The molecule has 2 aliphatic rings. The molecule has 106 valence electrons. The molecule has 2 aliphatic carbocycles. The zero-order valence-corrected chi connectivity index (χ0v) is 12.7. The van der Waals surface area contributed by atoms with Crippen molar-refractivity contribution in [2.24, 2.45) is 17.8 Å². The van der Waals surface area contributed by atoms with Gasteiger partial charge in [0.1, 0.15) is 0 Å². The Hall–Kier alpha value is -0.540. The van der Waals surface area contributed by atoms with Gasteiger partial charge in [0, 0.05) is 6.54 Å². The van der Waals surface area contributed by atoms with E-state index in [2.05, 4.69) is 29.1 Å². The molecular weight excluding hydrogens is 258 g/mol. The van der Waals surface area contributed by atoms with Gasteiger partial charge < -0.3 is 5.32 Å². The maximum Gasteiger partial charge on any atom is 0.0834 e. The minimum atomic E-state index is 0.372. The largest absolute Gasteiger partial charge is 0.311 e. The maximum atomic E-state index is 6.41. The average Bonchev–Trinajstić information content (AvgIpc) is 3.10. The molecule has 1 aromatic heterocycles. The van der Waals surface area contributed by atoms with Gasteiger partial charge in [-0.3, -0.25) is 4.68 Å². The van der Waals surface area contributed by atoms with Gasteiger partial charge in [-0.1, -0.05) is 24.9 Å². The van der Waals surface area contributed by atoms with E-state index in [9.17, 15) is 0 Å². The van der Waals surface area contributed by atoms with Crippen LogP contribution in [0.15, 0.2) is 6.20 Å². The fourth-order valence-corrected chi connectivity index (χ4v) is 4.59. The highest BCUT2D eigenvalue weighted by Gasteiger charge is 2.44. The molecule has 19 heavy (non-hydrogen) atoms. The van der Waals surface area contributed by atoms with Crippen LogP contribution in [0.2, 0.25) is 5.02 Å². The summed E-state index contributed by atoms with van der Waals surface area (Å²) in [6, 6.07) is 0.372. The first kappa shape index (κ1) is 13.4. The van der Waals surface area contributed by atoms with Gasteiger partial charge >= 0.3 is 0 Å². The number of hydrogen-bond acceptors (Lipinski definition) is 2. The van der Waals surface area contributed by atoms with Gasteiger partial charge in [0.05, 0.1) is 23.0 Å². The number of hydrogen-bond donors (Lipinski definition) is 1. The van der Waals surface area contributed by atoms with E-state index in [0.717, 1.165) is 35.7 Å². The Morgan fingerprint density at radius 3 is 2.89 bits per heavy atom. The van der Waals surface area contributed by atoms with E-state index in [1.807, 2.05) is 6.20 Å². The molecule has 1 aromatic rings. The molecule has 3 nitrogen and oxygen atoms in total. The molecule has 4 unspecified atom stereocenters. The smallest absolute Gasteiger partial charge is 0.0834 e. The van der Waals surface area contributed by atoms with Crippen molar-refractivity contribution in [3.63, 3.8) is 0 Å². The highest BCUT2D eigenvalue weighted by molar-refractivity contribution is 6.31. The Kier molecular flexibility index (Phi) is 3.86. The van der Waals surface area contributed by atoms with Crippen LogP contribution in [-0.4, -0.2) is 16.8 Å². The van der Waals surface area contributed by atoms with Gasteiger partial charge in [-0.2, -0.15) is 5.10 Å². The van der Waals surface area contributed by atoms with Gasteiger partial charge in [0.15, 0.2) is 0 Å². The maximum absolute atomic E-state index is 6.41. The zero-order valence-electron chi connectivity index (χ0n) is 11.9. The summed E-state index contributed by atoms with van der Waals surface area (Å²) in [7, 11) is 2.07. The fourth-order valence-electron chi connectivity index (χ4n) is 4.33. The highest BCUT2D eigenvalue weighted by Crippen LogP contribution is 2.53. The van der Waals surface area contributed by atoms with Crippen LogP contribution in [0.1, 0.15) is 50.8 Å². The summed E-state index contributed by atoms with van der Waals surface area (Å²) in [6.45, 7) is 3.15. The molecule has 1 N–H and O–H groups in total. The van der Waals surface area contributed by atoms with Crippen molar-refractivity contribution in [2.45, 2.75) is 51.6 Å². The first-order valence-corrected chi connectivity index (χ1v) is 8.00. The Bertz CT molecular complexity index is 443. The molecule has 4 atom stereocenters. The van der Waals surface area contributed by atoms with Crippen LogP contribution in [0.25, 0.3) is 0 Å². The van der Waals surface area contributed by atoms with E-state index in [-0.39, 0.29) is 0 Å². The molecule has 0 spiro atoms. The zero-order chi connectivity index (χ0) is 13.4. The predicted molar refractivity (Wildman–Crippen MR) is 78.3 cm³/mol. The molecule has 0 aromatic carbocycles. The molecule has 2 bridgehead atoms. The standard InChI is InChI=1S/C15H24ClN3/c1-3-6-19-15(13(16)9-18-19)14(17-2)12-8-10-4-5-11(12)7-10/h9-12,14,17H,3-8H2,1-2H3. The van der Waals surface area contributed by atoms with E-state index in [4.69, 9.17) is 11.6 Å². The summed E-state index contributed by atoms with van der Waals surface area (Å²) in [5.41, 5.74) is 1.21. The van der Waals surface area contributed by atoms with Crippen molar-refractivity contribution in [3.8, 4) is 0 Å². The quantitative estimate of drug-likeness (QED) is 0.893. The molecule has 0 amide bonds. The molecule has 4 heteroatoms.